The third-order valence-corrected chi connectivity index (χ3v) is 0.326. The van der Waals surface area contributed by atoms with E-state index in [4.69, 9.17) is 21.0 Å². The summed E-state index contributed by atoms with van der Waals surface area (Å²) in [7, 11) is 0. The van der Waals surface area contributed by atoms with Crippen LogP contribution < -0.4 is 11.2 Å². The lowest BCUT2D eigenvalue weighted by atomic mass is 10.9. The summed E-state index contributed by atoms with van der Waals surface area (Å²) < 4.78 is 0. The molecule has 0 aliphatic rings. The fourth-order valence-electron chi connectivity index (χ4n) is 0.150. The van der Waals surface area contributed by atoms with Crippen molar-refractivity contribution in [2.45, 2.75) is 13.8 Å². The van der Waals surface area contributed by atoms with Gasteiger partial charge < -0.3 is 10.8 Å². The highest BCUT2D eigenvalue weighted by molar-refractivity contribution is 5.72. The number of nitrogens with one attached hydrogen (secondary N) is 2. The van der Waals surface area contributed by atoms with Gasteiger partial charge in [-0.1, -0.05) is 0 Å². The van der Waals surface area contributed by atoms with Crippen molar-refractivity contribution in [3.05, 3.63) is 0 Å². The third-order valence-electron chi connectivity index (χ3n) is 0.326. The maximum Gasteiger partial charge on any atom is 0.300 e. The first-order valence-corrected chi connectivity index (χ1v) is 2.92. The smallest absolute Gasteiger partial charge is 0.300 e. The molecule has 0 amide bonds. The molecule has 0 radical (unpaired) electrons. The van der Waals surface area contributed by atoms with Crippen LogP contribution in [0.2, 0.25) is 0 Å². The van der Waals surface area contributed by atoms with Gasteiger partial charge in [0.15, 0.2) is 0 Å². The van der Waals surface area contributed by atoms with E-state index >= 15 is 0 Å². The van der Waals surface area contributed by atoms with Crippen LogP contribution in [0.3, 0.4) is 0 Å². The van der Waals surface area contributed by atoms with Crippen molar-refractivity contribution in [1.82, 2.24) is 5.48 Å². The van der Waals surface area contributed by atoms with Gasteiger partial charge in [0, 0.05) is 6.92 Å². The minimum absolute atomic E-state index is 0.165. The summed E-state index contributed by atoms with van der Waals surface area (Å²) in [5.74, 6) is -0.998. The normalized spacial score (nSPS) is 7.45. The van der Waals surface area contributed by atoms with E-state index in [0.717, 1.165) is 6.92 Å². The summed E-state index contributed by atoms with van der Waals surface area (Å²) in [4.78, 5) is 13.5. The predicted molar refractivity (Wildman–Crippen MR) is 40.0 cm³/mol. The monoisotopic (exact) mass is 163 g/mol. The van der Waals surface area contributed by atoms with Gasteiger partial charge in [0.2, 0.25) is 5.96 Å². The molecule has 0 aromatic carbocycles. The van der Waals surface area contributed by atoms with Crippen LogP contribution in [0.25, 0.3) is 0 Å². The van der Waals surface area contributed by atoms with Gasteiger partial charge in [-0.15, -0.1) is 0 Å². The van der Waals surface area contributed by atoms with Crippen LogP contribution in [0.5, 0.6) is 0 Å². The Morgan fingerprint density at radius 2 is 2.18 bits per heavy atom. The molecular formula is C5H13N3O3. The average Bonchev–Trinajstić information content (AvgIpc) is 1.82. The summed E-state index contributed by atoms with van der Waals surface area (Å²) in [6.45, 7) is 3.40. The summed E-state index contributed by atoms with van der Waals surface area (Å²) in [6.07, 6.45) is 0. The summed E-state index contributed by atoms with van der Waals surface area (Å²) in [6, 6.07) is 0. The number of carbonyl (C=O) groups is 1. The molecule has 0 saturated carbocycles. The van der Waals surface area contributed by atoms with Crippen LogP contribution in [0.4, 0.5) is 0 Å². The maximum absolute atomic E-state index is 9.00. The van der Waals surface area contributed by atoms with Gasteiger partial charge in [0.25, 0.3) is 5.97 Å². The van der Waals surface area contributed by atoms with Crippen LogP contribution in [-0.4, -0.2) is 23.6 Å². The lowest BCUT2D eigenvalue weighted by molar-refractivity contribution is -0.134. The number of hydroxylamine groups is 1. The summed E-state index contributed by atoms with van der Waals surface area (Å²) in [5.41, 5.74) is 6.98. The molecule has 0 fully saturated rings. The number of carboxylic acids is 1. The van der Waals surface area contributed by atoms with Crippen molar-refractivity contribution in [3.63, 3.8) is 0 Å². The highest BCUT2D eigenvalue weighted by atomic mass is 16.6. The topological polar surface area (TPSA) is 108 Å². The van der Waals surface area contributed by atoms with Gasteiger partial charge in [-0.25, -0.2) is 5.48 Å². The molecule has 0 aromatic heterocycles. The minimum atomic E-state index is -0.833. The minimum Gasteiger partial charge on any atom is -0.481 e. The fraction of sp³-hybridized carbons (Fsp3) is 0.600. The fourth-order valence-corrected chi connectivity index (χ4v) is 0.150. The Morgan fingerprint density at radius 1 is 1.82 bits per heavy atom. The molecule has 0 rings (SSSR count). The average molecular weight is 163 g/mol. The molecular weight excluding hydrogens is 150 g/mol. The first-order chi connectivity index (χ1) is 5.00. The van der Waals surface area contributed by atoms with Gasteiger partial charge in [0.05, 0.1) is 6.61 Å². The summed E-state index contributed by atoms with van der Waals surface area (Å²) >= 11 is 0. The Balaban J connectivity index is 0. The number of hydrogen-bond acceptors (Lipinski definition) is 3. The Hall–Kier alpha value is -1.30. The number of rotatable bonds is 2. The van der Waals surface area contributed by atoms with E-state index in [2.05, 4.69) is 10.3 Å². The van der Waals surface area contributed by atoms with Crippen LogP contribution in [0, 0.1) is 5.41 Å². The molecule has 0 saturated heterocycles. The Kier molecular flexibility index (Phi) is 9.79. The maximum atomic E-state index is 9.00. The highest BCUT2D eigenvalue weighted by Gasteiger charge is 1.78. The van der Waals surface area contributed by atoms with Gasteiger partial charge in [0.1, 0.15) is 0 Å². The first kappa shape index (κ1) is 12.4. The van der Waals surface area contributed by atoms with E-state index in [1.54, 1.807) is 6.92 Å². The molecule has 66 valence electrons. The van der Waals surface area contributed by atoms with E-state index in [9.17, 15) is 0 Å². The molecule has 0 heterocycles. The number of nitrogens with two attached hydrogens (primary N) is 1. The SMILES string of the molecule is CC(=O)O.CCONC(=N)N. The lowest BCUT2D eigenvalue weighted by Crippen LogP contribution is -2.30. The number of aliphatic carboxylic acids is 1. The molecule has 0 atom stereocenters. The quantitative estimate of drug-likeness (QED) is 0.249. The van der Waals surface area contributed by atoms with Gasteiger partial charge in [-0.2, -0.15) is 0 Å². The predicted octanol–water partition coefficient (Wildman–Crippen LogP) is -0.488. The zero-order valence-electron chi connectivity index (χ0n) is 6.55. The molecule has 11 heavy (non-hydrogen) atoms. The molecule has 0 aliphatic heterocycles. The third kappa shape index (κ3) is 53.6. The van der Waals surface area contributed by atoms with Crippen LogP contribution in [0.1, 0.15) is 13.8 Å². The second-order valence-corrected chi connectivity index (χ2v) is 1.47. The summed E-state index contributed by atoms with van der Waals surface area (Å²) in [5, 5.41) is 14.0. The van der Waals surface area contributed by atoms with Crippen molar-refractivity contribution >= 4 is 11.9 Å². The highest BCUT2D eigenvalue weighted by Crippen LogP contribution is 1.58. The molecule has 0 aliphatic carbocycles. The van der Waals surface area contributed by atoms with E-state index in [1.165, 1.54) is 0 Å². The second-order valence-electron chi connectivity index (χ2n) is 1.47. The van der Waals surface area contributed by atoms with Crippen molar-refractivity contribution < 1.29 is 14.7 Å². The number of guanidine groups is 1. The Labute approximate surface area is 64.8 Å². The number of carboxylic acid groups (broad SMARTS) is 1. The van der Waals surface area contributed by atoms with Gasteiger partial charge in [-0.3, -0.25) is 15.0 Å². The van der Waals surface area contributed by atoms with E-state index in [1.807, 2.05) is 0 Å². The van der Waals surface area contributed by atoms with Crippen molar-refractivity contribution in [2.24, 2.45) is 5.73 Å². The number of hydrogen-bond donors (Lipinski definition) is 4. The lowest BCUT2D eigenvalue weighted by Gasteiger charge is -1.97. The van der Waals surface area contributed by atoms with Crippen molar-refractivity contribution in [1.29, 1.82) is 5.41 Å². The van der Waals surface area contributed by atoms with Crippen LogP contribution >= 0.6 is 0 Å². The molecule has 0 aromatic rings. The zero-order chi connectivity index (χ0) is 9.28. The molecule has 0 unspecified atom stereocenters. The van der Waals surface area contributed by atoms with Crippen molar-refractivity contribution in [2.75, 3.05) is 6.61 Å². The molecule has 6 nitrogen and oxygen atoms in total. The Bertz CT molecular complexity index is 122. The van der Waals surface area contributed by atoms with Crippen LogP contribution in [-0.2, 0) is 9.63 Å². The standard InChI is InChI=1S/C3H9N3O.C2H4O2/c1-2-7-6-3(4)5;1-2(3)4/h2H2,1H3,(H4,4,5,6);1H3,(H,3,4). The largest absolute Gasteiger partial charge is 0.481 e. The van der Waals surface area contributed by atoms with Gasteiger partial charge >= 0.3 is 0 Å². The zero-order valence-corrected chi connectivity index (χ0v) is 6.55. The first-order valence-electron chi connectivity index (χ1n) is 2.92. The molecule has 6 heteroatoms. The van der Waals surface area contributed by atoms with Gasteiger partial charge in [-0.05, 0) is 6.92 Å². The van der Waals surface area contributed by atoms with E-state index < -0.39 is 5.97 Å². The second kappa shape index (κ2) is 8.70. The van der Waals surface area contributed by atoms with Crippen LogP contribution in [0.15, 0.2) is 0 Å². The Morgan fingerprint density at radius 3 is 2.27 bits per heavy atom. The van der Waals surface area contributed by atoms with E-state index in [-0.39, 0.29) is 5.96 Å². The van der Waals surface area contributed by atoms with E-state index in [0.29, 0.717) is 6.61 Å². The molecule has 5 N–H and O–H groups in total. The molecule has 0 spiro atoms. The van der Waals surface area contributed by atoms with Crippen molar-refractivity contribution in [3.8, 4) is 0 Å². The molecule has 0 bridgehead atoms.